The molecule has 7 heteroatoms. The molecule has 1 aromatic heterocycles. The quantitative estimate of drug-likeness (QED) is 0.778. The van der Waals surface area contributed by atoms with Crippen molar-refractivity contribution in [2.75, 3.05) is 6.61 Å². The number of pyridine rings is 1. The van der Waals surface area contributed by atoms with E-state index in [9.17, 15) is 18.0 Å². The van der Waals surface area contributed by atoms with E-state index in [4.69, 9.17) is 5.26 Å². The van der Waals surface area contributed by atoms with Crippen molar-refractivity contribution in [2.24, 2.45) is 0 Å². The second-order valence-corrected chi connectivity index (χ2v) is 3.29. The monoisotopic (exact) mass is 258 g/mol. The van der Waals surface area contributed by atoms with Gasteiger partial charge in [-0.1, -0.05) is 0 Å². The lowest BCUT2D eigenvalue weighted by atomic mass is 10.1. The molecule has 0 aliphatic carbocycles. The highest BCUT2D eigenvalue weighted by Crippen LogP contribution is 2.30. The second-order valence-electron chi connectivity index (χ2n) is 3.29. The number of carbonyl (C=O) groups excluding carboxylic acids is 1. The molecule has 0 bridgehead atoms. The summed E-state index contributed by atoms with van der Waals surface area (Å²) < 4.78 is 42.3. The maximum atomic E-state index is 12.6. The number of carbonyl (C=O) groups is 1. The SMILES string of the molecule is CCOC(=O)Cc1ccc(C#N)c(C(F)(F)F)n1. The summed E-state index contributed by atoms with van der Waals surface area (Å²) in [6, 6.07) is 3.60. The molecule has 96 valence electrons. The van der Waals surface area contributed by atoms with E-state index in [2.05, 4.69) is 9.72 Å². The molecule has 0 fully saturated rings. The molecule has 0 spiro atoms. The van der Waals surface area contributed by atoms with E-state index in [1.54, 1.807) is 6.92 Å². The Hall–Kier alpha value is -2.10. The molecule has 1 rings (SSSR count). The van der Waals surface area contributed by atoms with Gasteiger partial charge in [0.15, 0.2) is 5.69 Å². The number of hydrogen-bond donors (Lipinski definition) is 0. The van der Waals surface area contributed by atoms with E-state index in [-0.39, 0.29) is 18.7 Å². The number of halogens is 3. The first-order valence-corrected chi connectivity index (χ1v) is 5.01. The molecule has 0 aliphatic heterocycles. The second kappa shape index (κ2) is 5.49. The summed E-state index contributed by atoms with van der Waals surface area (Å²) in [7, 11) is 0. The number of ether oxygens (including phenoxy) is 1. The van der Waals surface area contributed by atoms with Crippen molar-refractivity contribution >= 4 is 5.97 Å². The van der Waals surface area contributed by atoms with Crippen molar-refractivity contribution in [1.29, 1.82) is 5.26 Å². The Morgan fingerprint density at radius 1 is 1.50 bits per heavy atom. The van der Waals surface area contributed by atoms with Crippen molar-refractivity contribution in [1.82, 2.24) is 4.98 Å². The molecule has 4 nitrogen and oxygen atoms in total. The Kier molecular flexibility index (Phi) is 4.26. The normalized spacial score (nSPS) is 10.8. The topological polar surface area (TPSA) is 63.0 Å². The Balaban J connectivity index is 3.05. The number of esters is 1. The molecule has 0 atom stereocenters. The molecule has 18 heavy (non-hydrogen) atoms. The van der Waals surface area contributed by atoms with Gasteiger partial charge in [-0.2, -0.15) is 18.4 Å². The van der Waals surface area contributed by atoms with Crippen LogP contribution in [-0.4, -0.2) is 17.6 Å². The van der Waals surface area contributed by atoms with Crippen LogP contribution in [0, 0.1) is 11.3 Å². The Morgan fingerprint density at radius 2 is 2.17 bits per heavy atom. The summed E-state index contributed by atoms with van der Waals surface area (Å²) in [5.41, 5.74) is -1.94. The molecule has 0 radical (unpaired) electrons. The molecule has 0 amide bonds. The van der Waals surface area contributed by atoms with E-state index in [0.717, 1.165) is 6.07 Å². The Labute approximate surface area is 101 Å². The number of hydrogen-bond acceptors (Lipinski definition) is 4. The lowest BCUT2D eigenvalue weighted by Crippen LogP contribution is -2.15. The van der Waals surface area contributed by atoms with Crippen LogP contribution < -0.4 is 0 Å². The largest absolute Gasteiger partial charge is 0.466 e. The molecule has 0 N–H and O–H groups in total. The Bertz CT molecular complexity index is 492. The van der Waals surface area contributed by atoms with Crippen LogP contribution in [0.5, 0.6) is 0 Å². The van der Waals surface area contributed by atoms with Crippen LogP contribution in [0.2, 0.25) is 0 Å². The van der Waals surface area contributed by atoms with Crippen molar-refractivity contribution in [3.63, 3.8) is 0 Å². The zero-order chi connectivity index (χ0) is 13.8. The van der Waals surface area contributed by atoms with E-state index in [0.29, 0.717) is 0 Å². The molecule has 1 heterocycles. The highest BCUT2D eigenvalue weighted by Gasteiger charge is 2.36. The van der Waals surface area contributed by atoms with Gasteiger partial charge in [0.1, 0.15) is 6.07 Å². The average Bonchev–Trinajstić information content (AvgIpc) is 2.28. The fraction of sp³-hybridized carbons (Fsp3) is 0.364. The van der Waals surface area contributed by atoms with Crippen LogP contribution in [0.4, 0.5) is 13.2 Å². The minimum absolute atomic E-state index is 0.0835. The van der Waals surface area contributed by atoms with Gasteiger partial charge in [0.25, 0.3) is 0 Å². The molecule has 1 aromatic rings. The van der Waals surface area contributed by atoms with Crippen LogP contribution in [0.25, 0.3) is 0 Å². The van der Waals surface area contributed by atoms with Gasteiger partial charge in [-0.25, -0.2) is 4.98 Å². The summed E-state index contributed by atoms with van der Waals surface area (Å²) in [6.07, 6.45) is -5.08. The van der Waals surface area contributed by atoms with Crippen LogP contribution in [0.1, 0.15) is 23.9 Å². The first-order chi connectivity index (χ1) is 8.38. The minimum atomic E-state index is -4.73. The van der Waals surface area contributed by atoms with Crippen LogP contribution in [-0.2, 0) is 22.1 Å². The predicted molar refractivity (Wildman–Crippen MR) is 54.3 cm³/mol. The molecule has 0 aromatic carbocycles. The third-order valence-corrected chi connectivity index (χ3v) is 1.97. The summed E-state index contributed by atoms with van der Waals surface area (Å²) >= 11 is 0. The van der Waals surface area contributed by atoms with Gasteiger partial charge in [0.05, 0.1) is 24.3 Å². The van der Waals surface area contributed by atoms with E-state index < -0.39 is 23.4 Å². The van der Waals surface area contributed by atoms with Gasteiger partial charge in [0.2, 0.25) is 0 Å². The highest BCUT2D eigenvalue weighted by molar-refractivity contribution is 5.72. The van der Waals surface area contributed by atoms with E-state index in [1.165, 1.54) is 12.1 Å². The third-order valence-electron chi connectivity index (χ3n) is 1.97. The van der Waals surface area contributed by atoms with Crippen molar-refractivity contribution in [3.8, 4) is 6.07 Å². The highest BCUT2D eigenvalue weighted by atomic mass is 19.4. The molecule has 0 aliphatic rings. The average molecular weight is 258 g/mol. The van der Waals surface area contributed by atoms with Gasteiger partial charge in [0, 0.05) is 0 Å². The van der Waals surface area contributed by atoms with Gasteiger partial charge in [-0.15, -0.1) is 0 Å². The van der Waals surface area contributed by atoms with E-state index >= 15 is 0 Å². The summed E-state index contributed by atoms with van der Waals surface area (Å²) in [5.74, 6) is -0.664. The fourth-order valence-electron chi connectivity index (χ4n) is 1.26. The predicted octanol–water partition coefficient (Wildman–Crippen LogP) is 2.08. The molecular weight excluding hydrogens is 249 g/mol. The Morgan fingerprint density at radius 3 is 2.67 bits per heavy atom. The maximum Gasteiger partial charge on any atom is 0.434 e. The fourth-order valence-corrected chi connectivity index (χ4v) is 1.26. The number of alkyl halides is 3. The number of rotatable bonds is 3. The van der Waals surface area contributed by atoms with Crippen molar-refractivity contribution in [3.05, 3.63) is 29.1 Å². The van der Waals surface area contributed by atoms with Crippen molar-refractivity contribution < 1.29 is 22.7 Å². The summed E-state index contributed by atoms with van der Waals surface area (Å²) in [5, 5.41) is 8.56. The van der Waals surface area contributed by atoms with Crippen LogP contribution in [0.15, 0.2) is 12.1 Å². The molecule has 0 saturated heterocycles. The van der Waals surface area contributed by atoms with Crippen LogP contribution in [0.3, 0.4) is 0 Å². The summed E-state index contributed by atoms with van der Waals surface area (Å²) in [4.78, 5) is 14.4. The first kappa shape index (κ1) is 14.0. The number of nitriles is 1. The van der Waals surface area contributed by atoms with Gasteiger partial charge < -0.3 is 4.74 Å². The minimum Gasteiger partial charge on any atom is -0.466 e. The van der Waals surface area contributed by atoms with Gasteiger partial charge in [-0.3, -0.25) is 4.79 Å². The third kappa shape index (κ3) is 3.45. The van der Waals surface area contributed by atoms with Crippen molar-refractivity contribution in [2.45, 2.75) is 19.5 Å². The summed E-state index contributed by atoms with van der Waals surface area (Å²) in [6.45, 7) is 1.73. The molecule has 0 unspecified atom stereocenters. The van der Waals surface area contributed by atoms with E-state index in [1.807, 2.05) is 0 Å². The van der Waals surface area contributed by atoms with Gasteiger partial charge >= 0.3 is 12.1 Å². The zero-order valence-electron chi connectivity index (χ0n) is 9.41. The standard InChI is InChI=1S/C11H9F3N2O2/c1-2-18-9(17)5-8-4-3-7(6-15)10(16-8)11(12,13)14/h3-4H,2,5H2,1H3. The lowest BCUT2D eigenvalue weighted by molar-refractivity contribution is -0.144. The maximum absolute atomic E-state index is 12.6. The molecule has 0 saturated carbocycles. The number of aromatic nitrogens is 1. The lowest BCUT2D eigenvalue weighted by Gasteiger charge is -2.09. The molecular formula is C11H9F3N2O2. The first-order valence-electron chi connectivity index (χ1n) is 5.01. The number of nitrogens with zero attached hydrogens (tertiary/aromatic N) is 2. The smallest absolute Gasteiger partial charge is 0.434 e. The van der Waals surface area contributed by atoms with Gasteiger partial charge in [-0.05, 0) is 19.1 Å². The van der Waals surface area contributed by atoms with Crippen LogP contribution >= 0.6 is 0 Å². The zero-order valence-corrected chi connectivity index (χ0v) is 9.41.